The van der Waals surface area contributed by atoms with Gasteiger partial charge in [-0.3, -0.25) is 9.59 Å². The monoisotopic (exact) mass is 284 g/mol. The Bertz CT molecular complexity index is 647. The average Bonchev–Trinajstić information content (AvgIpc) is 2.99. The van der Waals surface area contributed by atoms with Crippen molar-refractivity contribution < 1.29 is 14.0 Å². The lowest BCUT2D eigenvalue weighted by Crippen LogP contribution is -2.14. The summed E-state index contributed by atoms with van der Waals surface area (Å²) in [4.78, 5) is 23.6. The van der Waals surface area contributed by atoms with Crippen LogP contribution in [-0.4, -0.2) is 11.8 Å². The van der Waals surface area contributed by atoms with Gasteiger partial charge >= 0.3 is 0 Å². The number of nitrogens with one attached hydrogen (secondary N) is 2. The molecule has 21 heavy (non-hydrogen) atoms. The summed E-state index contributed by atoms with van der Waals surface area (Å²) in [5, 5.41) is 5.59. The molecule has 0 bridgehead atoms. The van der Waals surface area contributed by atoms with Crippen molar-refractivity contribution >= 4 is 23.2 Å². The molecular formula is C16H16N2O3. The number of anilines is 2. The van der Waals surface area contributed by atoms with Crippen molar-refractivity contribution in [2.75, 3.05) is 10.6 Å². The van der Waals surface area contributed by atoms with E-state index in [4.69, 9.17) is 4.42 Å². The summed E-state index contributed by atoms with van der Waals surface area (Å²) in [6, 6.07) is 10.3. The SMILES string of the molecule is CC1CC1C(=O)Nc1ccc(NC(=O)c2ccco2)cc1. The van der Waals surface area contributed by atoms with Gasteiger partial charge in [0.1, 0.15) is 0 Å². The fraction of sp³-hybridized carbons (Fsp3) is 0.250. The lowest BCUT2D eigenvalue weighted by atomic mass is 10.2. The Morgan fingerprint density at radius 3 is 2.24 bits per heavy atom. The molecule has 2 amide bonds. The van der Waals surface area contributed by atoms with E-state index in [0.717, 1.165) is 12.1 Å². The zero-order chi connectivity index (χ0) is 14.8. The summed E-state index contributed by atoms with van der Waals surface area (Å²) in [6.07, 6.45) is 2.41. The lowest BCUT2D eigenvalue weighted by molar-refractivity contribution is -0.117. The third-order valence-corrected chi connectivity index (χ3v) is 3.60. The molecule has 1 saturated carbocycles. The summed E-state index contributed by atoms with van der Waals surface area (Å²) >= 11 is 0. The predicted octanol–water partition coefficient (Wildman–Crippen LogP) is 3.13. The summed E-state index contributed by atoms with van der Waals surface area (Å²) in [7, 11) is 0. The first-order valence-electron chi connectivity index (χ1n) is 6.89. The van der Waals surface area contributed by atoms with Gasteiger partial charge in [0.2, 0.25) is 5.91 Å². The molecule has 1 fully saturated rings. The van der Waals surface area contributed by atoms with Crippen molar-refractivity contribution in [2.45, 2.75) is 13.3 Å². The summed E-state index contributed by atoms with van der Waals surface area (Å²) in [6.45, 7) is 2.07. The molecule has 2 N–H and O–H groups in total. The second kappa shape index (κ2) is 5.44. The Hall–Kier alpha value is -2.56. The molecule has 1 aromatic heterocycles. The number of carbonyl (C=O) groups is 2. The van der Waals surface area contributed by atoms with Crippen molar-refractivity contribution in [3.05, 3.63) is 48.4 Å². The van der Waals surface area contributed by atoms with E-state index in [1.807, 2.05) is 0 Å². The van der Waals surface area contributed by atoms with Gasteiger partial charge in [0.25, 0.3) is 5.91 Å². The fourth-order valence-electron chi connectivity index (χ4n) is 2.16. The van der Waals surface area contributed by atoms with E-state index < -0.39 is 0 Å². The maximum absolute atomic E-state index is 11.8. The van der Waals surface area contributed by atoms with Gasteiger partial charge in [-0.05, 0) is 48.7 Å². The Kier molecular flexibility index (Phi) is 3.48. The summed E-state index contributed by atoms with van der Waals surface area (Å²) in [5.41, 5.74) is 1.38. The largest absolute Gasteiger partial charge is 0.459 e. The molecule has 0 spiro atoms. The molecule has 0 saturated heterocycles. The van der Waals surface area contributed by atoms with Crippen LogP contribution in [0.2, 0.25) is 0 Å². The van der Waals surface area contributed by atoms with Crippen molar-refractivity contribution in [1.29, 1.82) is 0 Å². The molecule has 3 rings (SSSR count). The van der Waals surface area contributed by atoms with Crippen molar-refractivity contribution in [3.8, 4) is 0 Å². The van der Waals surface area contributed by atoms with E-state index in [1.54, 1.807) is 36.4 Å². The molecule has 5 heteroatoms. The quantitative estimate of drug-likeness (QED) is 0.906. The first-order valence-corrected chi connectivity index (χ1v) is 6.89. The predicted molar refractivity (Wildman–Crippen MR) is 79.0 cm³/mol. The van der Waals surface area contributed by atoms with Gasteiger partial charge in [-0.25, -0.2) is 0 Å². The van der Waals surface area contributed by atoms with Gasteiger partial charge in [0.05, 0.1) is 6.26 Å². The third-order valence-electron chi connectivity index (χ3n) is 3.60. The Labute approximate surface area is 122 Å². The minimum absolute atomic E-state index is 0.0647. The van der Waals surface area contributed by atoms with Crippen LogP contribution < -0.4 is 10.6 Å². The number of rotatable bonds is 4. The fourth-order valence-corrected chi connectivity index (χ4v) is 2.16. The van der Waals surface area contributed by atoms with Crippen LogP contribution in [0, 0.1) is 11.8 Å². The highest BCUT2D eigenvalue weighted by Gasteiger charge is 2.38. The van der Waals surface area contributed by atoms with E-state index in [0.29, 0.717) is 11.6 Å². The number of amides is 2. The van der Waals surface area contributed by atoms with Crippen LogP contribution in [0.3, 0.4) is 0 Å². The van der Waals surface area contributed by atoms with Crippen LogP contribution in [-0.2, 0) is 4.79 Å². The molecule has 5 nitrogen and oxygen atoms in total. The average molecular weight is 284 g/mol. The smallest absolute Gasteiger partial charge is 0.291 e. The number of benzene rings is 1. The van der Waals surface area contributed by atoms with E-state index in [1.165, 1.54) is 6.26 Å². The van der Waals surface area contributed by atoms with Gasteiger partial charge in [-0.2, -0.15) is 0 Å². The maximum Gasteiger partial charge on any atom is 0.291 e. The molecule has 2 unspecified atom stereocenters. The van der Waals surface area contributed by atoms with Crippen molar-refractivity contribution in [1.82, 2.24) is 0 Å². The van der Waals surface area contributed by atoms with E-state index in [-0.39, 0.29) is 23.5 Å². The number of carbonyl (C=O) groups excluding carboxylic acids is 2. The molecule has 1 heterocycles. The van der Waals surface area contributed by atoms with Crippen LogP contribution in [0.1, 0.15) is 23.9 Å². The molecule has 2 aromatic rings. The maximum atomic E-state index is 11.8. The molecule has 0 aliphatic heterocycles. The van der Waals surface area contributed by atoms with Gasteiger partial charge in [0.15, 0.2) is 5.76 Å². The summed E-state index contributed by atoms with van der Waals surface area (Å²) in [5.74, 6) is 0.647. The zero-order valence-electron chi connectivity index (χ0n) is 11.6. The molecule has 1 aromatic carbocycles. The van der Waals surface area contributed by atoms with E-state index in [9.17, 15) is 9.59 Å². The van der Waals surface area contributed by atoms with E-state index >= 15 is 0 Å². The zero-order valence-corrected chi connectivity index (χ0v) is 11.6. The van der Waals surface area contributed by atoms with Gasteiger partial charge in [-0.1, -0.05) is 6.92 Å². The molecule has 108 valence electrons. The Morgan fingerprint density at radius 2 is 1.71 bits per heavy atom. The molecular weight excluding hydrogens is 268 g/mol. The highest BCUT2D eigenvalue weighted by Crippen LogP contribution is 2.38. The first kappa shape index (κ1) is 13.4. The number of furan rings is 1. The van der Waals surface area contributed by atoms with Crippen LogP contribution in [0.4, 0.5) is 11.4 Å². The Balaban J connectivity index is 1.59. The van der Waals surface area contributed by atoms with Gasteiger partial charge in [-0.15, -0.1) is 0 Å². The first-order chi connectivity index (χ1) is 10.1. The van der Waals surface area contributed by atoms with Gasteiger partial charge in [0, 0.05) is 17.3 Å². The Morgan fingerprint density at radius 1 is 1.10 bits per heavy atom. The van der Waals surface area contributed by atoms with Crippen LogP contribution in [0.15, 0.2) is 47.1 Å². The third kappa shape index (κ3) is 3.13. The second-order valence-corrected chi connectivity index (χ2v) is 5.32. The topological polar surface area (TPSA) is 71.3 Å². The van der Waals surface area contributed by atoms with Gasteiger partial charge < -0.3 is 15.1 Å². The van der Waals surface area contributed by atoms with Crippen LogP contribution in [0.5, 0.6) is 0 Å². The van der Waals surface area contributed by atoms with Crippen molar-refractivity contribution in [2.24, 2.45) is 11.8 Å². The van der Waals surface area contributed by atoms with Crippen LogP contribution >= 0.6 is 0 Å². The number of hydrogen-bond acceptors (Lipinski definition) is 3. The molecule has 0 radical (unpaired) electrons. The highest BCUT2D eigenvalue weighted by molar-refractivity contribution is 6.02. The highest BCUT2D eigenvalue weighted by atomic mass is 16.3. The molecule has 2 atom stereocenters. The molecule has 1 aliphatic rings. The normalized spacial score (nSPS) is 19.9. The summed E-state index contributed by atoms with van der Waals surface area (Å²) < 4.78 is 5.02. The minimum Gasteiger partial charge on any atom is -0.459 e. The second-order valence-electron chi connectivity index (χ2n) is 5.32. The standard InChI is InChI=1S/C16H16N2O3/c1-10-9-13(10)15(19)17-11-4-6-12(7-5-11)18-16(20)14-3-2-8-21-14/h2-8,10,13H,9H2,1H3,(H,17,19)(H,18,20). The van der Waals surface area contributed by atoms with Crippen LogP contribution in [0.25, 0.3) is 0 Å². The molecule has 1 aliphatic carbocycles. The lowest BCUT2D eigenvalue weighted by Gasteiger charge is -2.07. The van der Waals surface area contributed by atoms with E-state index in [2.05, 4.69) is 17.6 Å². The van der Waals surface area contributed by atoms with Crippen molar-refractivity contribution in [3.63, 3.8) is 0 Å². The number of hydrogen-bond donors (Lipinski definition) is 2. The minimum atomic E-state index is -0.302.